The SMILES string of the molecule is c1ccc(N2NP3(=N[P+](N4CCCC4)(N4CCCC4)N(c4ccccc4)N3)N=P2(N2CCCC2)N2CCCC2)cc1. The Labute approximate surface area is 246 Å². The van der Waals surface area contributed by atoms with Crippen molar-refractivity contribution in [2.24, 2.45) is 9.03 Å². The molecule has 6 aliphatic heterocycles. The van der Waals surface area contributed by atoms with Crippen LogP contribution < -0.4 is 20.0 Å². The Morgan fingerprint density at radius 1 is 0.561 bits per heavy atom. The quantitative estimate of drug-likeness (QED) is 0.338. The summed E-state index contributed by atoms with van der Waals surface area (Å²) < 4.78 is 28.3. The van der Waals surface area contributed by atoms with E-state index in [0.29, 0.717) is 0 Å². The van der Waals surface area contributed by atoms with Gasteiger partial charge in [-0.25, -0.2) is 14.1 Å². The van der Waals surface area contributed by atoms with E-state index >= 15 is 0 Å². The fourth-order valence-corrected chi connectivity index (χ4v) is 22.2. The Morgan fingerprint density at radius 2 is 1.02 bits per heavy atom. The lowest BCUT2D eigenvalue weighted by atomic mass is 10.3. The first-order chi connectivity index (χ1) is 20.2. The highest BCUT2D eigenvalue weighted by molar-refractivity contribution is 7.85. The van der Waals surface area contributed by atoms with Crippen LogP contribution in [0.15, 0.2) is 69.7 Å². The number of anilines is 2. The number of rotatable bonds is 6. The Kier molecular flexibility index (Phi) is 7.31. The van der Waals surface area contributed by atoms with Crippen LogP contribution in [0.2, 0.25) is 0 Å². The van der Waals surface area contributed by atoms with Crippen LogP contribution in [-0.4, -0.2) is 71.0 Å². The molecule has 2 aromatic rings. The van der Waals surface area contributed by atoms with Crippen molar-refractivity contribution in [3.05, 3.63) is 60.7 Å². The van der Waals surface area contributed by atoms with Crippen LogP contribution in [0, 0.1) is 0 Å². The molecule has 4 fully saturated rings. The van der Waals surface area contributed by atoms with Gasteiger partial charge in [-0.3, -0.25) is 0 Å². The molecule has 0 bridgehead atoms. The second-order valence-electron chi connectivity index (χ2n) is 12.0. The molecule has 0 aromatic heterocycles. The lowest BCUT2D eigenvalue weighted by Gasteiger charge is -2.43. The number of hydrogen-bond donors (Lipinski definition) is 2. The van der Waals surface area contributed by atoms with E-state index in [1.165, 1.54) is 62.7 Å². The Morgan fingerprint density at radius 3 is 1.54 bits per heavy atom. The van der Waals surface area contributed by atoms with Crippen molar-refractivity contribution in [2.45, 2.75) is 51.4 Å². The van der Waals surface area contributed by atoms with Gasteiger partial charge in [-0.05, 0) is 80.1 Å². The molecular formula is C28H44N10P3+. The van der Waals surface area contributed by atoms with Gasteiger partial charge in [0.1, 0.15) is 0 Å². The molecule has 13 heteroatoms. The van der Waals surface area contributed by atoms with Gasteiger partial charge in [0.2, 0.25) is 7.51 Å². The number of nitrogens with one attached hydrogen (secondary N) is 2. The third kappa shape index (κ3) is 4.41. The summed E-state index contributed by atoms with van der Waals surface area (Å²) in [5.74, 6) is 0. The molecule has 4 saturated heterocycles. The van der Waals surface area contributed by atoms with Gasteiger partial charge in [0.15, 0.2) is 0 Å². The predicted molar refractivity (Wildman–Crippen MR) is 173 cm³/mol. The van der Waals surface area contributed by atoms with Gasteiger partial charge in [0.25, 0.3) is 7.51 Å². The van der Waals surface area contributed by atoms with Gasteiger partial charge >= 0.3 is 7.87 Å². The second kappa shape index (κ2) is 11.0. The summed E-state index contributed by atoms with van der Waals surface area (Å²) in [6.45, 7) is 8.89. The maximum atomic E-state index is 6.13. The maximum Gasteiger partial charge on any atom is 0.397 e. The zero-order valence-corrected chi connectivity index (χ0v) is 26.7. The van der Waals surface area contributed by atoms with Gasteiger partial charge < -0.3 is 0 Å². The topological polar surface area (TPSA) is 68.2 Å². The van der Waals surface area contributed by atoms with E-state index < -0.39 is 22.9 Å². The monoisotopic (exact) mass is 613 g/mol. The number of hydrogen-bond acceptors (Lipinski definition) is 10. The normalized spacial score (nSPS) is 30.5. The van der Waals surface area contributed by atoms with E-state index in [0.717, 1.165) is 52.4 Å². The summed E-state index contributed by atoms with van der Waals surface area (Å²) >= 11 is 0. The van der Waals surface area contributed by atoms with Crippen molar-refractivity contribution >= 4 is 34.3 Å². The Bertz CT molecular complexity index is 1290. The molecule has 0 radical (unpaired) electrons. The van der Waals surface area contributed by atoms with Gasteiger partial charge in [-0.2, -0.15) is 9.71 Å². The van der Waals surface area contributed by atoms with E-state index in [2.05, 4.69) is 99.3 Å². The molecule has 41 heavy (non-hydrogen) atoms. The van der Waals surface area contributed by atoms with E-state index in [1.54, 1.807) is 0 Å². The average molecular weight is 614 g/mol. The summed E-state index contributed by atoms with van der Waals surface area (Å²) in [6, 6.07) is 22.0. The Hall–Kier alpha value is -1.31. The van der Waals surface area contributed by atoms with Crippen LogP contribution in [0.4, 0.5) is 11.4 Å². The zero-order chi connectivity index (χ0) is 27.3. The van der Waals surface area contributed by atoms with Crippen molar-refractivity contribution in [1.82, 2.24) is 29.1 Å². The largest absolute Gasteiger partial charge is 0.397 e. The molecule has 2 N–H and O–H groups in total. The molecule has 6 heterocycles. The van der Waals surface area contributed by atoms with Crippen LogP contribution in [0.25, 0.3) is 0 Å². The van der Waals surface area contributed by atoms with Crippen LogP contribution in [0.3, 0.4) is 0 Å². The summed E-state index contributed by atoms with van der Waals surface area (Å²) in [7, 11) is -7.09. The number of benzene rings is 2. The van der Waals surface area contributed by atoms with Gasteiger partial charge in [0.05, 0.1) is 11.4 Å². The van der Waals surface area contributed by atoms with Crippen molar-refractivity contribution in [3.63, 3.8) is 0 Å². The Balaban J connectivity index is 1.37. The maximum absolute atomic E-state index is 6.13. The molecule has 1 unspecified atom stereocenters. The molecule has 0 saturated carbocycles. The van der Waals surface area contributed by atoms with Gasteiger partial charge in [-0.15, -0.1) is 19.3 Å². The lowest BCUT2D eigenvalue weighted by molar-refractivity contribution is 0.450. The molecule has 10 nitrogen and oxygen atoms in total. The molecule has 8 rings (SSSR count). The van der Waals surface area contributed by atoms with E-state index in [9.17, 15) is 0 Å². The standard InChI is InChI=1S/C28H44N10P3/c1-3-15-27(16-4-1)37-29-39(31-40(37,33-19-7-8-20-33)34-21-9-10-22-34)30-38(28-17-5-2-6-18-28)41(32-39,35-23-11-12-24-35)36-25-13-14-26-36/h1-6,15-18,29-30H,7-14,19-26H2/q+1. The molecule has 6 aliphatic rings. The summed E-state index contributed by atoms with van der Waals surface area (Å²) in [5, 5.41) is 8.26. The van der Waals surface area contributed by atoms with Crippen LogP contribution >= 0.6 is 22.9 Å². The highest BCUT2D eigenvalue weighted by Gasteiger charge is 2.68. The van der Waals surface area contributed by atoms with Crippen molar-refractivity contribution in [2.75, 3.05) is 61.9 Å². The minimum atomic E-state index is -2.56. The highest BCUT2D eigenvalue weighted by Crippen LogP contribution is 2.84. The number of nitrogens with zero attached hydrogens (tertiary/aromatic N) is 8. The lowest BCUT2D eigenvalue weighted by Crippen LogP contribution is -2.45. The van der Waals surface area contributed by atoms with E-state index in [1.807, 2.05) is 0 Å². The zero-order valence-electron chi connectivity index (χ0n) is 24.0. The molecular weight excluding hydrogens is 569 g/mol. The molecule has 2 aromatic carbocycles. The summed E-state index contributed by atoms with van der Waals surface area (Å²) in [4.78, 5) is 0. The molecule has 1 spiro atoms. The van der Waals surface area contributed by atoms with Crippen LogP contribution in [-0.2, 0) is 0 Å². The first-order valence-corrected chi connectivity index (χ1v) is 20.6. The minimum Gasteiger partial charge on any atom is -0.241 e. The third-order valence-corrected chi connectivity index (χ3v) is 21.0. The van der Waals surface area contributed by atoms with Crippen LogP contribution in [0.5, 0.6) is 0 Å². The smallest absolute Gasteiger partial charge is 0.241 e. The molecule has 1 atom stereocenters. The second-order valence-corrected chi connectivity index (χ2v) is 20.2. The summed E-state index contributed by atoms with van der Waals surface area (Å²) in [5.41, 5.74) is 2.42. The molecule has 0 aliphatic carbocycles. The predicted octanol–water partition coefficient (Wildman–Crippen LogP) is 6.99. The molecule has 220 valence electrons. The van der Waals surface area contributed by atoms with E-state index in [-0.39, 0.29) is 0 Å². The summed E-state index contributed by atoms with van der Waals surface area (Å²) in [6.07, 6.45) is 9.99. The molecule has 0 amide bonds. The fraction of sp³-hybridized carbons (Fsp3) is 0.571. The van der Waals surface area contributed by atoms with Gasteiger partial charge in [0, 0.05) is 52.4 Å². The van der Waals surface area contributed by atoms with Crippen molar-refractivity contribution < 1.29 is 0 Å². The number of hydrazine groups is 2. The average Bonchev–Trinajstić information content (AvgIpc) is 3.85. The first kappa shape index (κ1) is 27.3. The highest BCUT2D eigenvalue weighted by atomic mass is 31.3. The third-order valence-electron chi connectivity index (χ3n) is 9.35. The number of para-hydroxylation sites is 2. The van der Waals surface area contributed by atoms with Crippen molar-refractivity contribution in [1.29, 1.82) is 0 Å². The van der Waals surface area contributed by atoms with Crippen molar-refractivity contribution in [3.8, 4) is 0 Å². The van der Waals surface area contributed by atoms with Gasteiger partial charge in [-0.1, -0.05) is 36.4 Å². The first-order valence-electron chi connectivity index (χ1n) is 15.7. The van der Waals surface area contributed by atoms with E-state index in [4.69, 9.17) is 9.03 Å². The van der Waals surface area contributed by atoms with Crippen LogP contribution in [0.1, 0.15) is 51.4 Å². The fourth-order valence-electron chi connectivity index (χ4n) is 7.46. The minimum absolute atomic E-state index is 1.11.